The first-order valence-electron chi connectivity index (χ1n) is 7.95. The van der Waals surface area contributed by atoms with E-state index in [-0.39, 0.29) is 12.1 Å². The highest BCUT2D eigenvalue weighted by molar-refractivity contribution is 5.37. The molecule has 2 N–H and O–H groups in total. The number of unbranched alkanes of at least 4 members (excludes halogenated alkanes) is 1. The number of benzene rings is 1. The van der Waals surface area contributed by atoms with Crippen LogP contribution in [0.3, 0.4) is 0 Å². The van der Waals surface area contributed by atoms with Crippen LogP contribution in [0, 0.1) is 6.92 Å². The fraction of sp³-hybridized carbons (Fsp3) is 0.667. The summed E-state index contributed by atoms with van der Waals surface area (Å²) < 4.78 is 5.93. The molecule has 1 unspecified atom stereocenters. The van der Waals surface area contributed by atoms with Crippen molar-refractivity contribution in [2.24, 2.45) is 0 Å². The number of hydrogen-bond donors (Lipinski definition) is 2. The van der Waals surface area contributed by atoms with Gasteiger partial charge in [0.15, 0.2) is 0 Å². The maximum atomic E-state index is 9.34. The Labute approximate surface area is 129 Å². The van der Waals surface area contributed by atoms with Crippen molar-refractivity contribution >= 4 is 0 Å². The summed E-state index contributed by atoms with van der Waals surface area (Å²) in [5.41, 5.74) is 2.33. The van der Waals surface area contributed by atoms with E-state index in [4.69, 9.17) is 4.74 Å². The first-order chi connectivity index (χ1) is 9.91. The van der Waals surface area contributed by atoms with Crippen LogP contribution in [0.2, 0.25) is 0 Å². The zero-order valence-electron chi connectivity index (χ0n) is 14.2. The summed E-state index contributed by atoms with van der Waals surface area (Å²) in [5, 5.41) is 12.5. The monoisotopic (exact) mass is 293 g/mol. The number of nitrogens with one attached hydrogen (secondary N) is 1. The number of aliphatic hydroxyl groups excluding tert-OH is 1. The van der Waals surface area contributed by atoms with Crippen LogP contribution >= 0.6 is 0 Å². The number of ether oxygens (including phenoxy) is 1. The zero-order valence-corrected chi connectivity index (χ0v) is 14.2. The van der Waals surface area contributed by atoms with Crippen LogP contribution in [-0.2, 0) is 0 Å². The molecule has 0 saturated carbocycles. The molecule has 1 atom stereocenters. The molecule has 3 heteroatoms. The van der Waals surface area contributed by atoms with Crippen LogP contribution in [-0.4, -0.2) is 30.9 Å². The lowest BCUT2D eigenvalue weighted by atomic mass is 9.96. The molecule has 0 radical (unpaired) electrons. The zero-order chi connectivity index (χ0) is 15.9. The molecule has 0 spiro atoms. The van der Waals surface area contributed by atoms with Gasteiger partial charge in [-0.2, -0.15) is 0 Å². The molecule has 1 aromatic rings. The van der Waals surface area contributed by atoms with Crippen molar-refractivity contribution in [2.75, 3.05) is 20.3 Å². The fourth-order valence-corrected chi connectivity index (χ4v) is 2.21. The van der Waals surface area contributed by atoms with E-state index in [9.17, 15) is 5.11 Å². The topological polar surface area (TPSA) is 41.5 Å². The number of rotatable bonds is 9. The third-order valence-corrected chi connectivity index (χ3v) is 4.21. The van der Waals surface area contributed by atoms with E-state index in [1.165, 1.54) is 11.1 Å². The fourth-order valence-electron chi connectivity index (χ4n) is 2.21. The van der Waals surface area contributed by atoms with E-state index in [0.717, 1.165) is 31.6 Å². The van der Waals surface area contributed by atoms with Crippen LogP contribution in [0.1, 0.15) is 57.1 Å². The second kappa shape index (κ2) is 8.40. The SMILES string of the molecule is CNC(C)(CO)CCCCOc1cc(C(C)C)ccc1C. The third-order valence-electron chi connectivity index (χ3n) is 4.21. The van der Waals surface area contributed by atoms with E-state index in [0.29, 0.717) is 5.92 Å². The van der Waals surface area contributed by atoms with Crippen molar-refractivity contribution in [3.05, 3.63) is 29.3 Å². The number of aryl methyl sites for hydroxylation is 1. The molecule has 1 aromatic carbocycles. The molecule has 0 fully saturated rings. The maximum absolute atomic E-state index is 9.34. The Morgan fingerprint density at radius 1 is 1.29 bits per heavy atom. The van der Waals surface area contributed by atoms with E-state index in [1.807, 2.05) is 14.0 Å². The average molecular weight is 293 g/mol. The minimum absolute atomic E-state index is 0.167. The van der Waals surface area contributed by atoms with Gasteiger partial charge in [-0.05, 0) is 63.3 Å². The Morgan fingerprint density at radius 3 is 2.57 bits per heavy atom. The second-order valence-electron chi connectivity index (χ2n) is 6.45. The van der Waals surface area contributed by atoms with Gasteiger partial charge in [0.25, 0.3) is 0 Å². The molecule has 0 aromatic heterocycles. The summed E-state index contributed by atoms with van der Waals surface area (Å²) in [6.07, 6.45) is 3.00. The van der Waals surface area contributed by atoms with Crippen LogP contribution in [0.25, 0.3) is 0 Å². The molecular weight excluding hydrogens is 262 g/mol. The van der Waals surface area contributed by atoms with Crippen molar-refractivity contribution in [1.29, 1.82) is 0 Å². The van der Waals surface area contributed by atoms with Crippen molar-refractivity contribution in [3.63, 3.8) is 0 Å². The van der Waals surface area contributed by atoms with Gasteiger partial charge in [-0.3, -0.25) is 0 Å². The number of aliphatic hydroxyl groups is 1. The summed E-state index contributed by atoms with van der Waals surface area (Å²) in [6, 6.07) is 6.46. The lowest BCUT2D eigenvalue weighted by Gasteiger charge is -2.26. The summed E-state index contributed by atoms with van der Waals surface area (Å²) in [5.74, 6) is 1.52. The Kier molecular flexibility index (Phi) is 7.20. The molecule has 1 rings (SSSR count). The summed E-state index contributed by atoms with van der Waals surface area (Å²) in [4.78, 5) is 0. The predicted molar refractivity (Wildman–Crippen MR) is 89.2 cm³/mol. The van der Waals surface area contributed by atoms with Crippen LogP contribution in [0.5, 0.6) is 5.75 Å². The third kappa shape index (κ3) is 5.68. The maximum Gasteiger partial charge on any atom is 0.122 e. The quantitative estimate of drug-likeness (QED) is 0.683. The summed E-state index contributed by atoms with van der Waals surface area (Å²) in [6.45, 7) is 9.42. The van der Waals surface area contributed by atoms with Gasteiger partial charge < -0.3 is 15.2 Å². The first kappa shape index (κ1) is 18.0. The molecule has 0 bridgehead atoms. The van der Waals surface area contributed by atoms with Crippen molar-refractivity contribution < 1.29 is 9.84 Å². The molecule has 0 aliphatic carbocycles. The Bertz CT molecular complexity index is 425. The number of likely N-dealkylation sites (N-methyl/N-ethyl adjacent to an activating group) is 1. The lowest BCUT2D eigenvalue weighted by Crippen LogP contribution is -2.43. The highest BCUT2D eigenvalue weighted by Gasteiger charge is 2.19. The molecule has 3 nitrogen and oxygen atoms in total. The average Bonchev–Trinajstić information content (AvgIpc) is 2.48. The van der Waals surface area contributed by atoms with Gasteiger partial charge in [0, 0.05) is 5.54 Å². The van der Waals surface area contributed by atoms with Gasteiger partial charge in [-0.15, -0.1) is 0 Å². The molecule has 0 aliphatic heterocycles. The van der Waals surface area contributed by atoms with Crippen molar-refractivity contribution in [3.8, 4) is 5.75 Å². The van der Waals surface area contributed by atoms with Crippen molar-refractivity contribution in [1.82, 2.24) is 5.32 Å². The van der Waals surface area contributed by atoms with Crippen LogP contribution < -0.4 is 10.1 Å². The molecule has 120 valence electrons. The Balaban J connectivity index is 2.41. The van der Waals surface area contributed by atoms with E-state index < -0.39 is 0 Å². The standard InChI is InChI=1S/C18H31NO2/c1-14(2)16-9-8-15(3)17(12-16)21-11-7-6-10-18(4,13-20)19-5/h8-9,12,14,19-20H,6-7,10-11,13H2,1-5H3. The van der Waals surface area contributed by atoms with Gasteiger partial charge in [0.05, 0.1) is 13.2 Å². The normalized spacial score (nSPS) is 14.2. The molecule has 0 aliphatic rings. The minimum Gasteiger partial charge on any atom is -0.493 e. The summed E-state index contributed by atoms with van der Waals surface area (Å²) in [7, 11) is 1.90. The lowest BCUT2D eigenvalue weighted by molar-refractivity contribution is 0.168. The van der Waals surface area contributed by atoms with Gasteiger partial charge >= 0.3 is 0 Å². The minimum atomic E-state index is -0.173. The van der Waals surface area contributed by atoms with Gasteiger partial charge in [-0.25, -0.2) is 0 Å². The van der Waals surface area contributed by atoms with Gasteiger partial charge in [0.1, 0.15) is 5.75 Å². The molecular formula is C18H31NO2. The Morgan fingerprint density at radius 2 is 2.00 bits per heavy atom. The molecule has 0 saturated heterocycles. The smallest absolute Gasteiger partial charge is 0.122 e. The van der Waals surface area contributed by atoms with Crippen LogP contribution in [0.15, 0.2) is 18.2 Å². The molecule has 0 heterocycles. The van der Waals surface area contributed by atoms with E-state index in [2.05, 4.69) is 44.3 Å². The van der Waals surface area contributed by atoms with Gasteiger partial charge in [-0.1, -0.05) is 26.0 Å². The highest BCUT2D eigenvalue weighted by atomic mass is 16.5. The predicted octanol–water partition coefficient (Wildman–Crippen LogP) is 3.64. The second-order valence-corrected chi connectivity index (χ2v) is 6.45. The van der Waals surface area contributed by atoms with E-state index >= 15 is 0 Å². The number of hydrogen-bond acceptors (Lipinski definition) is 3. The Hall–Kier alpha value is -1.06. The van der Waals surface area contributed by atoms with Gasteiger partial charge in [0.2, 0.25) is 0 Å². The highest BCUT2D eigenvalue weighted by Crippen LogP contribution is 2.24. The van der Waals surface area contributed by atoms with Crippen molar-refractivity contribution in [2.45, 2.75) is 58.4 Å². The first-order valence-corrected chi connectivity index (χ1v) is 7.95. The largest absolute Gasteiger partial charge is 0.493 e. The molecule has 0 amide bonds. The van der Waals surface area contributed by atoms with Crippen LogP contribution in [0.4, 0.5) is 0 Å². The van der Waals surface area contributed by atoms with E-state index in [1.54, 1.807) is 0 Å². The summed E-state index contributed by atoms with van der Waals surface area (Å²) >= 11 is 0. The molecule has 21 heavy (non-hydrogen) atoms.